The molecule has 0 aromatic heterocycles. The van der Waals surface area contributed by atoms with E-state index in [1.165, 1.54) is 0 Å². The molecule has 5 aliphatic rings. The summed E-state index contributed by atoms with van der Waals surface area (Å²) in [5.41, 5.74) is -1.22. The standard InChI is InChI=1S/C21H25NO3/c1-12-6-7-21(24)16-10-14-4-5-15(23)18-17(14)20(21,19(12)25-18)8-9-22(16)11-13-2-3-13/h4-5,13,16,19,23-24H,1-3,6-11H2/t16?,19?,20-,21+/m0/s1/i8D2,9D2. The van der Waals surface area contributed by atoms with Crippen LogP contribution in [0.1, 0.15) is 48.7 Å². The van der Waals surface area contributed by atoms with E-state index >= 15 is 0 Å². The van der Waals surface area contributed by atoms with Crippen LogP contribution in [0.4, 0.5) is 0 Å². The molecule has 6 rings (SSSR count). The number of hydrogen-bond acceptors (Lipinski definition) is 4. The number of hydrogen-bond donors (Lipinski definition) is 2. The average Bonchev–Trinajstić information content (AvgIpc) is 3.39. The van der Waals surface area contributed by atoms with Gasteiger partial charge >= 0.3 is 0 Å². The SMILES string of the molecule is [2H]C1([2H])N(CC2CC2)C2Cc3ccc(O)c4c3[C@]3(C(O4)C(=C)CC[C@@]23O)C1([2H])[2H]. The highest BCUT2D eigenvalue weighted by molar-refractivity contribution is 5.63. The topological polar surface area (TPSA) is 52.9 Å². The average molecular weight is 343 g/mol. The van der Waals surface area contributed by atoms with Gasteiger partial charge < -0.3 is 14.9 Å². The van der Waals surface area contributed by atoms with Crippen LogP contribution < -0.4 is 4.74 Å². The molecule has 0 radical (unpaired) electrons. The molecule has 25 heavy (non-hydrogen) atoms. The highest BCUT2D eigenvalue weighted by Gasteiger charge is 2.71. The van der Waals surface area contributed by atoms with Gasteiger partial charge in [-0.2, -0.15) is 0 Å². The highest BCUT2D eigenvalue weighted by Crippen LogP contribution is 2.66. The Morgan fingerprint density at radius 3 is 3.04 bits per heavy atom. The van der Waals surface area contributed by atoms with E-state index in [0.717, 1.165) is 18.4 Å². The number of piperidine rings is 1. The van der Waals surface area contributed by atoms with E-state index in [2.05, 4.69) is 6.58 Å². The van der Waals surface area contributed by atoms with Crippen molar-refractivity contribution < 1.29 is 20.4 Å². The van der Waals surface area contributed by atoms with E-state index in [0.29, 0.717) is 42.9 Å². The fraction of sp³-hybridized carbons (Fsp3) is 0.619. The third kappa shape index (κ3) is 1.57. The normalized spacial score (nSPS) is 47.8. The number of benzene rings is 1. The van der Waals surface area contributed by atoms with Gasteiger partial charge in [-0.05, 0) is 68.1 Å². The van der Waals surface area contributed by atoms with E-state index in [1.54, 1.807) is 17.0 Å². The minimum atomic E-state index is -2.46. The summed E-state index contributed by atoms with van der Waals surface area (Å²) in [7, 11) is 0. The zero-order chi connectivity index (χ0) is 20.6. The van der Waals surface area contributed by atoms with Crippen molar-refractivity contribution in [3.8, 4) is 11.5 Å². The molecule has 1 aromatic carbocycles. The van der Waals surface area contributed by atoms with Gasteiger partial charge in [-0.25, -0.2) is 0 Å². The van der Waals surface area contributed by atoms with E-state index < -0.39 is 36.0 Å². The van der Waals surface area contributed by atoms with Crippen LogP contribution in [-0.2, 0) is 11.8 Å². The van der Waals surface area contributed by atoms with Crippen molar-refractivity contribution in [2.75, 3.05) is 13.0 Å². The number of phenols is 1. The molecular weight excluding hydrogens is 314 g/mol. The van der Waals surface area contributed by atoms with Crippen molar-refractivity contribution in [1.82, 2.24) is 4.90 Å². The molecule has 3 fully saturated rings. The third-order valence-electron chi connectivity index (χ3n) is 7.02. The number of likely N-dealkylation sites (tertiary alicyclic amines) is 1. The Morgan fingerprint density at radius 2 is 2.24 bits per heavy atom. The molecule has 2 saturated carbocycles. The number of aliphatic hydroxyl groups is 1. The van der Waals surface area contributed by atoms with Crippen molar-refractivity contribution in [2.24, 2.45) is 5.92 Å². The van der Waals surface area contributed by atoms with Gasteiger partial charge in [0, 0.05) is 23.6 Å². The van der Waals surface area contributed by atoms with Gasteiger partial charge in [0.05, 0.1) is 11.0 Å². The molecule has 2 unspecified atom stereocenters. The molecular formula is C21H25NO3. The summed E-state index contributed by atoms with van der Waals surface area (Å²) in [5.74, 6) is 0.435. The number of aromatic hydroxyl groups is 1. The van der Waals surface area contributed by atoms with Crippen LogP contribution in [-0.4, -0.2) is 45.9 Å². The third-order valence-corrected chi connectivity index (χ3v) is 7.02. The van der Waals surface area contributed by atoms with Crippen LogP contribution in [0, 0.1) is 5.92 Å². The maximum Gasteiger partial charge on any atom is 0.166 e. The Morgan fingerprint density at radius 1 is 1.40 bits per heavy atom. The molecule has 1 spiro atoms. The summed E-state index contributed by atoms with van der Waals surface area (Å²) in [5, 5.41) is 22.7. The maximum atomic E-state index is 12.2. The lowest BCUT2D eigenvalue weighted by Crippen LogP contribution is -2.75. The molecule has 2 heterocycles. The van der Waals surface area contributed by atoms with E-state index in [-0.39, 0.29) is 11.5 Å². The Kier molecular flexibility index (Phi) is 1.99. The summed E-state index contributed by atoms with van der Waals surface area (Å²) >= 11 is 0. The minimum Gasteiger partial charge on any atom is -0.504 e. The molecule has 1 aromatic rings. The molecule has 2 N–H and O–H groups in total. The monoisotopic (exact) mass is 343 g/mol. The first kappa shape index (κ1) is 11.2. The number of nitrogens with zero attached hydrogens (tertiary/aromatic N) is 1. The van der Waals surface area contributed by atoms with Crippen LogP contribution >= 0.6 is 0 Å². The lowest BCUT2D eigenvalue weighted by Gasteiger charge is -2.63. The molecule has 2 bridgehead atoms. The maximum absolute atomic E-state index is 12.2. The van der Waals surface area contributed by atoms with E-state index in [1.807, 2.05) is 0 Å². The predicted octanol–water partition coefficient (Wildman–Crippen LogP) is 2.51. The van der Waals surface area contributed by atoms with Crippen LogP contribution in [0.2, 0.25) is 0 Å². The summed E-state index contributed by atoms with van der Waals surface area (Å²) in [4.78, 5) is 1.61. The number of rotatable bonds is 2. The second-order valence-corrected chi connectivity index (χ2v) is 8.39. The van der Waals surface area contributed by atoms with Gasteiger partial charge in [-0.3, -0.25) is 4.90 Å². The number of phenolic OH excluding ortho intramolecular Hbond substituents is 1. The summed E-state index contributed by atoms with van der Waals surface area (Å²) < 4.78 is 42.4. The second-order valence-electron chi connectivity index (χ2n) is 8.39. The van der Waals surface area contributed by atoms with Crippen LogP contribution in [0.15, 0.2) is 24.3 Å². The fourth-order valence-corrected chi connectivity index (χ4v) is 5.58. The Labute approximate surface area is 153 Å². The Bertz CT molecular complexity index is 961. The quantitative estimate of drug-likeness (QED) is 0.810. The molecule has 1 saturated heterocycles. The smallest absolute Gasteiger partial charge is 0.166 e. The molecule has 0 amide bonds. The van der Waals surface area contributed by atoms with Crippen LogP contribution in [0.25, 0.3) is 0 Å². The molecule has 132 valence electrons. The molecule has 3 aliphatic carbocycles. The first-order valence-electron chi connectivity index (χ1n) is 11.3. The van der Waals surface area contributed by atoms with Gasteiger partial charge in [0.25, 0.3) is 0 Å². The largest absolute Gasteiger partial charge is 0.504 e. The second kappa shape index (κ2) is 4.41. The Hall–Kier alpha value is -1.52. The molecule has 4 heteroatoms. The van der Waals surface area contributed by atoms with Gasteiger partial charge in [-0.1, -0.05) is 12.6 Å². The van der Waals surface area contributed by atoms with Gasteiger partial charge in [0.15, 0.2) is 11.5 Å². The van der Waals surface area contributed by atoms with E-state index in [4.69, 9.17) is 7.48 Å². The molecule has 2 aliphatic heterocycles. The summed E-state index contributed by atoms with van der Waals surface area (Å²) in [6, 6.07) is 2.78. The van der Waals surface area contributed by atoms with Crippen LogP contribution in [0.3, 0.4) is 0 Å². The van der Waals surface area contributed by atoms with E-state index in [9.17, 15) is 13.0 Å². The lowest BCUT2D eigenvalue weighted by molar-refractivity contribution is -0.174. The lowest BCUT2D eigenvalue weighted by atomic mass is 9.48. The fourth-order valence-electron chi connectivity index (χ4n) is 5.58. The highest BCUT2D eigenvalue weighted by atomic mass is 16.5. The van der Waals surface area contributed by atoms with Crippen molar-refractivity contribution >= 4 is 0 Å². The zero-order valence-electron chi connectivity index (χ0n) is 18.1. The molecule has 4 atom stereocenters. The van der Waals surface area contributed by atoms with Crippen LogP contribution in [0.5, 0.6) is 11.5 Å². The summed E-state index contributed by atoms with van der Waals surface area (Å²) in [6.45, 7) is 2.25. The van der Waals surface area contributed by atoms with Crippen molar-refractivity contribution in [1.29, 1.82) is 0 Å². The molecule has 4 nitrogen and oxygen atoms in total. The first-order chi connectivity index (χ1) is 13.6. The van der Waals surface area contributed by atoms with Crippen molar-refractivity contribution in [2.45, 2.75) is 61.6 Å². The first-order valence-corrected chi connectivity index (χ1v) is 9.26. The van der Waals surface area contributed by atoms with Crippen molar-refractivity contribution in [3.63, 3.8) is 0 Å². The summed E-state index contributed by atoms with van der Waals surface area (Å²) in [6.07, 6.45) is -0.124. The predicted molar refractivity (Wildman–Crippen MR) is 93.9 cm³/mol. The van der Waals surface area contributed by atoms with Crippen molar-refractivity contribution in [3.05, 3.63) is 35.4 Å². The number of ether oxygens (including phenoxy) is 1. The minimum absolute atomic E-state index is 0.0992. The van der Waals surface area contributed by atoms with Gasteiger partial charge in [-0.15, -0.1) is 0 Å². The zero-order valence-corrected chi connectivity index (χ0v) is 14.1. The van der Waals surface area contributed by atoms with Gasteiger partial charge in [0.2, 0.25) is 0 Å². The Balaban J connectivity index is 1.71. The van der Waals surface area contributed by atoms with Gasteiger partial charge in [0.1, 0.15) is 6.10 Å².